The number of hydrogen-bond donors (Lipinski definition) is 2. The van der Waals surface area contributed by atoms with Crippen LogP contribution < -0.4 is 10.1 Å². The van der Waals surface area contributed by atoms with E-state index in [0.29, 0.717) is 0 Å². The average Bonchev–Trinajstić information content (AvgIpc) is 3.20. The summed E-state index contributed by atoms with van der Waals surface area (Å²) in [5, 5.41) is 23.0. The number of benzene rings is 1. The lowest BCUT2D eigenvalue weighted by molar-refractivity contribution is -0.384. The monoisotopic (exact) mass is 314 g/mol. The van der Waals surface area contributed by atoms with Gasteiger partial charge in [-0.25, -0.2) is 0 Å². The quantitative estimate of drug-likeness (QED) is 0.591. The maximum atomic E-state index is 11.4. The molecule has 0 radical (unpaired) electrons. The van der Waals surface area contributed by atoms with Gasteiger partial charge in [0.1, 0.15) is 17.9 Å². The Morgan fingerprint density at radius 1 is 1.62 bits per heavy atom. The van der Waals surface area contributed by atoms with Crippen molar-refractivity contribution in [3.8, 4) is 5.75 Å². The summed E-state index contributed by atoms with van der Waals surface area (Å²) >= 11 is 5.90. The molecule has 0 aromatic heterocycles. The normalized spacial score (nSPS) is 17.0. The summed E-state index contributed by atoms with van der Waals surface area (Å²) in [6.45, 7) is 1.41. The summed E-state index contributed by atoms with van der Waals surface area (Å²) in [6.07, 6.45) is 1.89. The van der Waals surface area contributed by atoms with E-state index in [1.807, 2.05) is 0 Å². The van der Waals surface area contributed by atoms with Crippen LogP contribution in [0.25, 0.3) is 0 Å². The fourth-order valence-corrected chi connectivity index (χ4v) is 2.02. The maximum Gasteiger partial charge on any atom is 0.327 e. The molecule has 0 amide bonds. The molecule has 21 heavy (non-hydrogen) atoms. The van der Waals surface area contributed by atoms with Crippen LogP contribution in [0.2, 0.25) is 5.02 Å². The molecule has 1 aliphatic rings. The van der Waals surface area contributed by atoms with Crippen molar-refractivity contribution in [3.63, 3.8) is 0 Å². The highest BCUT2D eigenvalue weighted by molar-refractivity contribution is 6.32. The van der Waals surface area contributed by atoms with Crippen LogP contribution in [-0.2, 0) is 4.79 Å². The maximum absolute atomic E-state index is 11.4. The van der Waals surface area contributed by atoms with Crippen LogP contribution in [0.5, 0.6) is 5.75 Å². The van der Waals surface area contributed by atoms with Crippen molar-refractivity contribution in [2.75, 3.05) is 6.61 Å². The summed E-state index contributed by atoms with van der Waals surface area (Å²) < 4.78 is 5.43. The summed E-state index contributed by atoms with van der Waals surface area (Å²) in [7, 11) is 0. The standard InChI is InChI=1S/C13H15ClN2O5/c1-13(12(17)18,15-8-2-3-8)7-21-11-5-4-9(16(19)20)6-10(11)14/h4-6,8,15H,2-3,7H2,1H3,(H,17,18). The van der Waals surface area contributed by atoms with Crippen LogP contribution >= 0.6 is 11.6 Å². The smallest absolute Gasteiger partial charge is 0.327 e. The molecular weight excluding hydrogens is 300 g/mol. The number of nitro groups is 1. The van der Waals surface area contributed by atoms with Crippen molar-refractivity contribution in [1.29, 1.82) is 0 Å². The first-order chi connectivity index (χ1) is 9.82. The number of ether oxygens (including phenoxy) is 1. The molecule has 0 bridgehead atoms. The van der Waals surface area contributed by atoms with E-state index in [9.17, 15) is 20.0 Å². The molecule has 1 aromatic carbocycles. The van der Waals surface area contributed by atoms with Crippen LogP contribution in [-0.4, -0.2) is 34.2 Å². The van der Waals surface area contributed by atoms with E-state index >= 15 is 0 Å². The third-order valence-corrected chi connectivity index (χ3v) is 3.51. The van der Waals surface area contributed by atoms with Crippen LogP contribution in [0.3, 0.4) is 0 Å². The Hall–Kier alpha value is -1.86. The Kier molecular flexibility index (Phi) is 4.34. The van der Waals surface area contributed by atoms with Gasteiger partial charge in [-0.3, -0.25) is 20.2 Å². The molecular formula is C13H15ClN2O5. The lowest BCUT2D eigenvalue weighted by atomic mass is 10.0. The highest BCUT2D eigenvalue weighted by atomic mass is 35.5. The summed E-state index contributed by atoms with van der Waals surface area (Å²) in [5.74, 6) is -0.806. The zero-order valence-corrected chi connectivity index (χ0v) is 12.1. The predicted octanol–water partition coefficient (Wildman–Crippen LogP) is 2.22. The first kappa shape index (κ1) is 15.5. The van der Waals surface area contributed by atoms with Crippen LogP contribution in [0.1, 0.15) is 19.8 Å². The number of nitrogens with zero attached hydrogens (tertiary/aromatic N) is 1. The Morgan fingerprint density at radius 2 is 2.29 bits per heavy atom. The summed E-state index contributed by atoms with van der Waals surface area (Å²) in [4.78, 5) is 21.4. The number of hydrogen-bond acceptors (Lipinski definition) is 5. The largest absolute Gasteiger partial charge is 0.489 e. The lowest BCUT2D eigenvalue weighted by Gasteiger charge is -2.26. The van der Waals surface area contributed by atoms with Gasteiger partial charge < -0.3 is 9.84 Å². The summed E-state index contributed by atoms with van der Waals surface area (Å²) in [6, 6.07) is 3.98. The second-order valence-electron chi connectivity index (χ2n) is 5.22. The van der Waals surface area contributed by atoms with Crippen LogP contribution in [0.4, 0.5) is 5.69 Å². The molecule has 0 aliphatic heterocycles. The van der Waals surface area contributed by atoms with Gasteiger partial charge in [-0.1, -0.05) is 11.6 Å². The van der Waals surface area contributed by atoms with Gasteiger partial charge in [-0.05, 0) is 25.8 Å². The Balaban J connectivity index is 2.06. The highest BCUT2D eigenvalue weighted by Crippen LogP contribution is 2.30. The van der Waals surface area contributed by atoms with Gasteiger partial charge in [0.2, 0.25) is 0 Å². The van der Waals surface area contributed by atoms with Crippen molar-refractivity contribution >= 4 is 23.3 Å². The molecule has 1 atom stereocenters. The van der Waals surface area contributed by atoms with Gasteiger partial charge in [-0.15, -0.1) is 0 Å². The molecule has 1 saturated carbocycles. The van der Waals surface area contributed by atoms with Crippen LogP contribution in [0.15, 0.2) is 18.2 Å². The molecule has 1 aromatic rings. The molecule has 0 saturated heterocycles. The van der Waals surface area contributed by atoms with Crippen molar-refractivity contribution in [2.24, 2.45) is 0 Å². The molecule has 8 heteroatoms. The van der Waals surface area contributed by atoms with E-state index in [4.69, 9.17) is 16.3 Å². The minimum atomic E-state index is -1.23. The summed E-state index contributed by atoms with van der Waals surface area (Å²) in [5.41, 5.74) is -1.38. The third-order valence-electron chi connectivity index (χ3n) is 3.21. The molecule has 1 fully saturated rings. The van der Waals surface area contributed by atoms with E-state index in [1.54, 1.807) is 0 Å². The molecule has 0 heterocycles. The average molecular weight is 315 g/mol. The van der Waals surface area contributed by atoms with Crippen LogP contribution in [0, 0.1) is 10.1 Å². The number of halogens is 1. The molecule has 114 valence electrons. The van der Waals surface area contributed by atoms with Gasteiger partial charge in [0.25, 0.3) is 5.69 Å². The number of carboxylic acid groups (broad SMARTS) is 1. The third kappa shape index (κ3) is 3.83. The number of aliphatic carboxylic acids is 1. The SMILES string of the molecule is CC(COc1ccc([N+](=O)[O-])cc1Cl)(NC1CC1)C(=O)O. The molecule has 1 aliphatic carbocycles. The topological polar surface area (TPSA) is 102 Å². The number of nitrogens with one attached hydrogen (secondary N) is 1. The van der Waals surface area contributed by atoms with Crippen molar-refractivity contribution in [2.45, 2.75) is 31.3 Å². The second kappa shape index (κ2) is 5.87. The van der Waals surface area contributed by atoms with Gasteiger partial charge in [-0.2, -0.15) is 0 Å². The van der Waals surface area contributed by atoms with Gasteiger partial charge in [0, 0.05) is 18.2 Å². The molecule has 2 rings (SSSR count). The fraction of sp³-hybridized carbons (Fsp3) is 0.462. The van der Waals surface area contributed by atoms with E-state index < -0.39 is 16.4 Å². The van der Waals surface area contributed by atoms with E-state index in [-0.39, 0.29) is 29.1 Å². The zero-order chi connectivity index (χ0) is 15.6. The molecule has 0 spiro atoms. The second-order valence-corrected chi connectivity index (χ2v) is 5.62. The molecule has 1 unspecified atom stereocenters. The zero-order valence-electron chi connectivity index (χ0n) is 11.3. The van der Waals surface area contributed by atoms with E-state index in [2.05, 4.69) is 5.32 Å². The minimum absolute atomic E-state index is 0.0726. The molecule has 2 N–H and O–H groups in total. The van der Waals surface area contributed by atoms with Crippen molar-refractivity contribution in [1.82, 2.24) is 5.32 Å². The van der Waals surface area contributed by atoms with Gasteiger partial charge in [0.05, 0.1) is 9.95 Å². The van der Waals surface area contributed by atoms with E-state index in [0.717, 1.165) is 12.8 Å². The molecule has 7 nitrogen and oxygen atoms in total. The number of carbonyl (C=O) groups is 1. The number of nitro benzene ring substituents is 1. The number of rotatable bonds is 7. The number of carboxylic acids is 1. The Labute approximate surface area is 126 Å². The fourth-order valence-electron chi connectivity index (χ4n) is 1.79. The van der Waals surface area contributed by atoms with E-state index in [1.165, 1.54) is 25.1 Å². The highest BCUT2D eigenvalue weighted by Gasteiger charge is 2.39. The van der Waals surface area contributed by atoms with Crippen molar-refractivity contribution in [3.05, 3.63) is 33.3 Å². The predicted molar refractivity (Wildman–Crippen MR) is 75.8 cm³/mol. The van der Waals surface area contributed by atoms with Gasteiger partial charge in [0.15, 0.2) is 0 Å². The Morgan fingerprint density at radius 3 is 2.76 bits per heavy atom. The van der Waals surface area contributed by atoms with Crippen molar-refractivity contribution < 1.29 is 19.6 Å². The minimum Gasteiger partial charge on any atom is -0.489 e. The Bertz CT molecular complexity index is 576. The first-order valence-electron chi connectivity index (χ1n) is 6.40. The first-order valence-corrected chi connectivity index (χ1v) is 6.77. The number of non-ortho nitro benzene ring substituents is 1. The van der Waals surface area contributed by atoms with Gasteiger partial charge >= 0.3 is 5.97 Å². The lowest BCUT2D eigenvalue weighted by Crippen LogP contribution is -2.54.